The fraction of sp³-hybridized carbons (Fsp3) is 0.143. The first-order valence-corrected chi connectivity index (χ1v) is 6.22. The molecule has 0 saturated heterocycles. The minimum Gasteiger partial charge on any atom is -0.421 e. The van der Waals surface area contributed by atoms with E-state index in [-0.39, 0.29) is 5.63 Å². The van der Waals surface area contributed by atoms with Crippen molar-refractivity contribution in [3.8, 4) is 11.5 Å². The largest absolute Gasteiger partial charge is 0.421 e. The predicted octanol–water partition coefficient (Wildman–Crippen LogP) is 2.95. The number of nitrogens with zero attached hydrogens (tertiary/aromatic N) is 2. The van der Waals surface area contributed by atoms with Gasteiger partial charge in [0.15, 0.2) is 5.76 Å². The molecule has 0 radical (unpaired) electrons. The summed E-state index contributed by atoms with van der Waals surface area (Å²) in [5.74, 6) is 0.595. The normalized spacial score (nSPS) is 11.1. The summed E-state index contributed by atoms with van der Waals surface area (Å²) in [6.07, 6.45) is 1.73. The summed E-state index contributed by atoms with van der Waals surface area (Å²) in [7, 11) is 0. The van der Waals surface area contributed by atoms with Crippen LogP contribution in [-0.2, 0) is 6.54 Å². The lowest BCUT2D eigenvalue weighted by Crippen LogP contribution is -2.07. The average molecular weight is 275 g/mol. The highest BCUT2D eigenvalue weighted by molar-refractivity contribution is 6.29. The van der Waals surface area contributed by atoms with Gasteiger partial charge in [-0.3, -0.25) is 0 Å². The minimum atomic E-state index is -0.330. The molecule has 1 aromatic heterocycles. The maximum atomic E-state index is 11.3. The second-order valence-corrected chi connectivity index (χ2v) is 4.75. The Hall–Kier alpha value is -2.07. The van der Waals surface area contributed by atoms with Gasteiger partial charge in [0, 0.05) is 18.4 Å². The third-order valence-corrected chi connectivity index (χ3v) is 3.26. The lowest BCUT2D eigenvalue weighted by molar-refractivity contribution is 0.540. The quantitative estimate of drug-likeness (QED) is 0.675. The average Bonchev–Trinajstić information content (AvgIpc) is 2.76. The van der Waals surface area contributed by atoms with Crippen molar-refractivity contribution in [1.82, 2.24) is 9.55 Å². The number of hydrogen-bond acceptors (Lipinski definition) is 3. The van der Waals surface area contributed by atoms with Crippen molar-refractivity contribution in [1.29, 1.82) is 0 Å². The summed E-state index contributed by atoms with van der Waals surface area (Å²) in [6.45, 7) is 2.60. The molecule has 0 N–H and O–H groups in total. The zero-order valence-electron chi connectivity index (χ0n) is 10.3. The first-order valence-electron chi connectivity index (χ1n) is 5.84. The van der Waals surface area contributed by atoms with Crippen LogP contribution >= 0.6 is 11.6 Å². The molecule has 5 heteroatoms. The smallest absolute Gasteiger partial charge is 0.338 e. The number of rotatable bonds is 2. The summed E-state index contributed by atoms with van der Waals surface area (Å²) >= 11 is 5.77. The molecule has 0 bridgehead atoms. The van der Waals surface area contributed by atoms with E-state index in [0.717, 1.165) is 17.0 Å². The van der Waals surface area contributed by atoms with Crippen molar-refractivity contribution in [3.63, 3.8) is 0 Å². The fourth-order valence-corrected chi connectivity index (χ4v) is 2.18. The van der Waals surface area contributed by atoms with Crippen LogP contribution in [-0.4, -0.2) is 9.55 Å². The van der Waals surface area contributed by atoms with Crippen molar-refractivity contribution in [2.75, 3.05) is 0 Å². The van der Waals surface area contributed by atoms with Crippen LogP contribution in [0.3, 0.4) is 0 Å². The van der Waals surface area contributed by atoms with Crippen LogP contribution in [0.5, 0.6) is 0 Å². The molecular formula is C14H11ClN2O2. The maximum absolute atomic E-state index is 11.3. The molecule has 4 nitrogen and oxygen atoms in total. The van der Waals surface area contributed by atoms with Gasteiger partial charge in [-0.25, -0.2) is 9.78 Å². The van der Waals surface area contributed by atoms with Gasteiger partial charge in [-0.15, -0.1) is 0 Å². The summed E-state index contributed by atoms with van der Waals surface area (Å²) in [5.41, 5.74) is 2.52. The molecular weight excluding hydrogens is 264 g/mol. The number of halogens is 1. The number of aromatic nitrogens is 2. The lowest BCUT2D eigenvalue weighted by atomic mass is 10.2. The Kier molecular flexibility index (Phi) is 2.87. The Balaban J connectivity index is 2.07. The van der Waals surface area contributed by atoms with Crippen LogP contribution in [0, 0.1) is 6.92 Å². The van der Waals surface area contributed by atoms with Gasteiger partial charge in [0.25, 0.3) is 0 Å². The maximum Gasteiger partial charge on any atom is 0.338 e. The van der Waals surface area contributed by atoms with Gasteiger partial charge >= 0.3 is 5.63 Å². The standard InChI is InChI=1S/C14H11ClN2O2/c1-9-2-4-12-11(6-14(18)19-12)17(9)8-10-3-5-13(15)16-7-10/h2-7H,8H2,1H3. The zero-order valence-corrected chi connectivity index (χ0v) is 11.0. The van der Waals surface area contributed by atoms with Crippen LogP contribution in [0.4, 0.5) is 0 Å². The molecule has 0 spiro atoms. The number of hydrogen-bond donors (Lipinski definition) is 0. The Morgan fingerprint density at radius 1 is 1.32 bits per heavy atom. The molecule has 3 heterocycles. The van der Waals surface area contributed by atoms with Crippen molar-refractivity contribution in [3.05, 3.63) is 63.4 Å². The van der Waals surface area contributed by atoms with E-state index < -0.39 is 0 Å². The van der Waals surface area contributed by atoms with Crippen LogP contribution in [0.2, 0.25) is 5.15 Å². The predicted molar refractivity (Wildman–Crippen MR) is 72.7 cm³/mol. The topological polar surface area (TPSA) is 48.0 Å². The third-order valence-electron chi connectivity index (χ3n) is 3.04. The summed E-state index contributed by atoms with van der Waals surface area (Å²) < 4.78 is 7.13. The molecule has 0 atom stereocenters. The van der Waals surface area contributed by atoms with E-state index in [1.807, 2.05) is 29.7 Å². The second-order valence-electron chi connectivity index (χ2n) is 4.36. The number of furan rings is 1. The molecule has 3 rings (SSSR count). The van der Waals surface area contributed by atoms with E-state index in [9.17, 15) is 4.79 Å². The first kappa shape index (κ1) is 12.0. The molecule has 19 heavy (non-hydrogen) atoms. The van der Waals surface area contributed by atoms with E-state index in [4.69, 9.17) is 16.0 Å². The molecule has 0 unspecified atom stereocenters. The van der Waals surface area contributed by atoms with E-state index in [2.05, 4.69) is 4.98 Å². The molecule has 1 aromatic rings. The highest BCUT2D eigenvalue weighted by Gasteiger charge is 2.14. The highest BCUT2D eigenvalue weighted by atomic mass is 35.5. The van der Waals surface area contributed by atoms with Gasteiger partial charge < -0.3 is 8.98 Å². The minimum absolute atomic E-state index is 0.330. The molecule has 0 aromatic carbocycles. The Morgan fingerprint density at radius 3 is 2.89 bits per heavy atom. The van der Waals surface area contributed by atoms with Crippen LogP contribution in [0.25, 0.3) is 11.5 Å². The second kappa shape index (κ2) is 4.55. The fourth-order valence-electron chi connectivity index (χ4n) is 2.07. The van der Waals surface area contributed by atoms with Crippen molar-refractivity contribution in [2.45, 2.75) is 13.5 Å². The van der Waals surface area contributed by atoms with Gasteiger partial charge in [-0.1, -0.05) is 17.7 Å². The third kappa shape index (κ3) is 2.27. The summed E-state index contributed by atoms with van der Waals surface area (Å²) in [4.78, 5) is 15.4. The van der Waals surface area contributed by atoms with Gasteiger partial charge in [-0.2, -0.15) is 0 Å². The van der Waals surface area contributed by atoms with Gasteiger partial charge in [0.05, 0.1) is 11.8 Å². The van der Waals surface area contributed by atoms with E-state index in [0.29, 0.717) is 17.5 Å². The van der Waals surface area contributed by atoms with Crippen molar-refractivity contribution in [2.24, 2.45) is 0 Å². The van der Waals surface area contributed by atoms with E-state index in [1.54, 1.807) is 12.3 Å². The highest BCUT2D eigenvalue weighted by Crippen LogP contribution is 2.23. The summed E-state index contributed by atoms with van der Waals surface area (Å²) in [6, 6.07) is 8.91. The molecule has 0 amide bonds. The van der Waals surface area contributed by atoms with Crippen LogP contribution in [0.1, 0.15) is 11.3 Å². The van der Waals surface area contributed by atoms with E-state index >= 15 is 0 Å². The number of pyridine rings is 2. The molecule has 2 aliphatic heterocycles. The SMILES string of the molecule is Cc1ccc2oc(=O)cc-2n1Cc1ccc(Cl)nc1. The van der Waals surface area contributed by atoms with Crippen molar-refractivity contribution >= 4 is 11.6 Å². The van der Waals surface area contributed by atoms with E-state index in [1.165, 1.54) is 6.07 Å². The van der Waals surface area contributed by atoms with Gasteiger partial charge in [0.2, 0.25) is 0 Å². The van der Waals surface area contributed by atoms with Gasteiger partial charge in [-0.05, 0) is 30.7 Å². The molecule has 96 valence electrons. The molecule has 0 fully saturated rings. The lowest BCUT2D eigenvalue weighted by Gasteiger charge is -2.14. The Bertz CT molecular complexity index is 743. The number of aryl methyl sites for hydroxylation is 1. The van der Waals surface area contributed by atoms with Gasteiger partial charge in [0.1, 0.15) is 5.15 Å². The molecule has 0 saturated carbocycles. The molecule has 2 aliphatic rings. The monoisotopic (exact) mass is 274 g/mol. The Morgan fingerprint density at radius 2 is 2.16 bits per heavy atom. The number of fused-ring (bicyclic) bond motifs is 1. The Labute approximate surface area is 114 Å². The first-order chi connectivity index (χ1) is 9.13. The zero-order chi connectivity index (χ0) is 13.4. The van der Waals surface area contributed by atoms with Crippen LogP contribution in [0.15, 0.2) is 45.7 Å². The van der Waals surface area contributed by atoms with Crippen molar-refractivity contribution < 1.29 is 4.42 Å². The molecule has 0 aliphatic carbocycles. The summed E-state index contributed by atoms with van der Waals surface area (Å²) in [5, 5.41) is 0.467. The van der Waals surface area contributed by atoms with Crippen LogP contribution < -0.4 is 5.63 Å².